The molecule has 0 saturated carbocycles. The lowest BCUT2D eigenvalue weighted by atomic mass is 9.85. The third-order valence-electron chi connectivity index (χ3n) is 5.25. The van der Waals surface area contributed by atoms with Crippen LogP contribution in [-0.2, 0) is 9.47 Å². The Hall–Kier alpha value is -1.07. The van der Waals surface area contributed by atoms with Gasteiger partial charge in [-0.1, -0.05) is 22.0 Å². The molecule has 1 aromatic rings. The van der Waals surface area contributed by atoms with Crippen molar-refractivity contribution in [3.05, 3.63) is 33.8 Å². The largest absolute Gasteiger partial charge is 0.444 e. The summed E-state index contributed by atoms with van der Waals surface area (Å²) in [6.45, 7) is 8.99. The second-order valence-electron chi connectivity index (χ2n) is 8.45. The van der Waals surface area contributed by atoms with Crippen molar-refractivity contribution < 1.29 is 14.3 Å². The quantitative estimate of drug-likeness (QED) is 0.633. The molecule has 0 N–H and O–H groups in total. The Labute approximate surface area is 165 Å². The number of amides is 1. The third-order valence-corrected chi connectivity index (χ3v) is 5.71. The molecule has 2 saturated heterocycles. The van der Waals surface area contributed by atoms with Crippen molar-refractivity contribution in [1.29, 1.82) is 0 Å². The summed E-state index contributed by atoms with van der Waals surface area (Å²) in [4.78, 5) is 14.1. The maximum Gasteiger partial charge on any atom is 0.410 e. The lowest BCUT2D eigenvalue weighted by molar-refractivity contribution is 0.0205. The number of ether oxygens (including phenoxy) is 2. The average molecular weight is 424 g/mol. The lowest BCUT2D eigenvalue weighted by Gasteiger charge is -2.34. The number of nitrogens with zero attached hydrogens (tertiary/aromatic N) is 1. The summed E-state index contributed by atoms with van der Waals surface area (Å²) in [5.74, 6) is 1.10. The van der Waals surface area contributed by atoms with Gasteiger partial charge in [0.05, 0.1) is 0 Å². The minimum absolute atomic E-state index is 0.187. The SMILES string of the molecule is CC(C)(C)OC(=O)N1CCC(c2cc(Br)cc(C3CCOCC3)c2)CC1. The Morgan fingerprint density at radius 2 is 1.58 bits per heavy atom. The summed E-state index contributed by atoms with van der Waals surface area (Å²) in [5, 5.41) is 0. The van der Waals surface area contributed by atoms with Crippen LogP contribution in [0.4, 0.5) is 4.79 Å². The highest BCUT2D eigenvalue weighted by atomic mass is 79.9. The van der Waals surface area contributed by atoms with Gasteiger partial charge in [0.25, 0.3) is 0 Å². The summed E-state index contributed by atoms with van der Waals surface area (Å²) in [5.41, 5.74) is 2.38. The van der Waals surface area contributed by atoms with E-state index in [0.29, 0.717) is 11.8 Å². The van der Waals surface area contributed by atoms with E-state index in [1.807, 2.05) is 25.7 Å². The molecule has 0 aliphatic carbocycles. The molecular weight excluding hydrogens is 394 g/mol. The highest BCUT2D eigenvalue weighted by molar-refractivity contribution is 9.10. The summed E-state index contributed by atoms with van der Waals surface area (Å²) in [7, 11) is 0. The molecule has 26 heavy (non-hydrogen) atoms. The predicted octanol–water partition coefficient (Wildman–Crippen LogP) is 5.46. The van der Waals surface area contributed by atoms with E-state index in [1.54, 1.807) is 0 Å². The van der Waals surface area contributed by atoms with Gasteiger partial charge in [0.1, 0.15) is 5.60 Å². The monoisotopic (exact) mass is 423 g/mol. The molecular formula is C21H30BrNO3. The number of rotatable bonds is 2. The molecule has 2 fully saturated rings. The molecule has 0 aromatic heterocycles. The number of carbonyl (C=O) groups is 1. The number of likely N-dealkylation sites (tertiary alicyclic amines) is 1. The Morgan fingerprint density at radius 1 is 1.04 bits per heavy atom. The van der Waals surface area contributed by atoms with Gasteiger partial charge < -0.3 is 14.4 Å². The van der Waals surface area contributed by atoms with Gasteiger partial charge in [-0.25, -0.2) is 4.79 Å². The molecule has 0 unspecified atom stereocenters. The normalized spacial score (nSPS) is 20.2. The Kier molecular flexibility index (Phi) is 6.29. The smallest absolute Gasteiger partial charge is 0.410 e. The standard InChI is InChI=1S/C21H30BrNO3/c1-21(2,3)26-20(24)23-8-4-15(5-9-23)17-12-18(14-19(22)13-17)16-6-10-25-11-7-16/h12-16H,4-11H2,1-3H3. The van der Waals surface area contributed by atoms with Crippen LogP contribution in [0.1, 0.15) is 69.4 Å². The second kappa shape index (κ2) is 8.30. The molecule has 4 nitrogen and oxygen atoms in total. The topological polar surface area (TPSA) is 38.8 Å². The number of carbonyl (C=O) groups excluding carboxylic acids is 1. The van der Waals surface area contributed by atoms with Gasteiger partial charge in [0.15, 0.2) is 0 Å². The minimum Gasteiger partial charge on any atom is -0.444 e. The zero-order valence-corrected chi connectivity index (χ0v) is 17.7. The van der Waals surface area contributed by atoms with Crippen molar-refractivity contribution in [2.24, 2.45) is 0 Å². The first-order chi connectivity index (χ1) is 12.3. The fourth-order valence-corrected chi connectivity index (χ4v) is 4.39. The maximum absolute atomic E-state index is 12.3. The van der Waals surface area contributed by atoms with Crippen LogP contribution in [0.15, 0.2) is 22.7 Å². The van der Waals surface area contributed by atoms with Crippen molar-refractivity contribution in [3.8, 4) is 0 Å². The third kappa shape index (κ3) is 5.23. The van der Waals surface area contributed by atoms with Crippen molar-refractivity contribution in [1.82, 2.24) is 4.90 Å². The average Bonchev–Trinajstić information content (AvgIpc) is 2.61. The van der Waals surface area contributed by atoms with E-state index in [0.717, 1.165) is 56.5 Å². The molecule has 1 aromatic carbocycles. The zero-order chi connectivity index (χ0) is 18.7. The number of hydrogen-bond donors (Lipinski definition) is 0. The summed E-state index contributed by atoms with van der Waals surface area (Å²) in [6, 6.07) is 6.89. The van der Waals surface area contributed by atoms with Crippen molar-refractivity contribution in [3.63, 3.8) is 0 Å². The Morgan fingerprint density at radius 3 is 2.12 bits per heavy atom. The van der Waals surface area contributed by atoms with Crippen LogP contribution in [0.25, 0.3) is 0 Å². The van der Waals surface area contributed by atoms with E-state index in [-0.39, 0.29) is 6.09 Å². The predicted molar refractivity (Wildman–Crippen MR) is 107 cm³/mol. The number of benzene rings is 1. The minimum atomic E-state index is -0.434. The first-order valence-corrected chi connectivity index (χ1v) is 10.5. The highest BCUT2D eigenvalue weighted by Gasteiger charge is 2.28. The van der Waals surface area contributed by atoms with E-state index in [1.165, 1.54) is 11.1 Å². The molecule has 0 spiro atoms. The van der Waals surface area contributed by atoms with Crippen LogP contribution < -0.4 is 0 Å². The first-order valence-electron chi connectivity index (χ1n) is 9.68. The Balaban J connectivity index is 1.64. The van der Waals surface area contributed by atoms with Gasteiger partial charge in [0, 0.05) is 30.8 Å². The van der Waals surface area contributed by atoms with Crippen molar-refractivity contribution in [2.45, 2.75) is 63.9 Å². The molecule has 1 amide bonds. The van der Waals surface area contributed by atoms with E-state index in [2.05, 4.69) is 34.1 Å². The van der Waals surface area contributed by atoms with Crippen LogP contribution >= 0.6 is 15.9 Å². The highest BCUT2D eigenvalue weighted by Crippen LogP contribution is 2.35. The van der Waals surface area contributed by atoms with E-state index in [4.69, 9.17) is 9.47 Å². The first kappa shape index (κ1) is 19.7. The number of piperidine rings is 1. The van der Waals surface area contributed by atoms with Crippen LogP contribution in [0.3, 0.4) is 0 Å². The maximum atomic E-state index is 12.3. The van der Waals surface area contributed by atoms with Crippen LogP contribution in [-0.4, -0.2) is 42.9 Å². The molecule has 0 bridgehead atoms. The lowest BCUT2D eigenvalue weighted by Crippen LogP contribution is -2.41. The van der Waals surface area contributed by atoms with Crippen LogP contribution in [0.5, 0.6) is 0 Å². The second-order valence-corrected chi connectivity index (χ2v) is 9.36. The van der Waals surface area contributed by atoms with Crippen LogP contribution in [0, 0.1) is 0 Å². The summed E-state index contributed by atoms with van der Waals surface area (Å²) < 4.78 is 12.2. The molecule has 3 rings (SSSR count). The fourth-order valence-electron chi connectivity index (χ4n) is 3.86. The van der Waals surface area contributed by atoms with Gasteiger partial charge in [-0.3, -0.25) is 0 Å². The van der Waals surface area contributed by atoms with E-state index >= 15 is 0 Å². The number of hydrogen-bond acceptors (Lipinski definition) is 3. The molecule has 2 heterocycles. The van der Waals surface area contributed by atoms with E-state index in [9.17, 15) is 4.79 Å². The van der Waals surface area contributed by atoms with Gasteiger partial charge in [-0.15, -0.1) is 0 Å². The molecule has 0 radical (unpaired) electrons. The van der Waals surface area contributed by atoms with E-state index < -0.39 is 5.60 Å². The van der Waals surface area contributed by atoms with Gasteiger partial charge in [-0.2, -0.15) is 0 Å². The molecule has 144 valence electrons. The Bertz CT molecular complexity index is 627. The van der Waals surface area contributed by atoms with Crippen molar-refractivity contribution in [2.75, 3.05) is 26.3 Å². The van der Waals surface area contributed by atoms with Gasteiger partial charge in [0.2, 0.25) is 0 Å². The molecule has 5 heteroatoms. The molecule has 0 atom stereocenters. The van der Waals surface area contributed by atoms with Crippen LogP contribution in [0.2, 0.25) is 0 Å². The summed E-state index contributed by atoms with van der Waals surface area (Å²) in [6.07, 6.45) is 4.00. The summed E-state index contributed by atoms with van der Waals surface area (Å²) >= 11 is 3.70. The van der Waals surface area contributed by atoms with Gasteiger partial charge in [-0.05, 0) is 81.5 Å². The fraction of sp³-hybridized carbons (Fsp3) is 0.667. The van der Waals surface area contributed by atoms with Crippen molar-refractivity contribution >= 4 is 22.0 Å². The molecule has 2 aliphatic heterocycles. The zero-order valence-electron chi connectivity index (χ0n) is 16.1. The number of halogens is 1. The molecule has 2 aliphatic rings. The van der Waals surface area contributed by atoms with Gasteiger partial charge >= 0.3 is 6.09 Å².